The number of H-pyrrole nitrogens is 1. The molecule has 5 N–H and O–H groups in total. The van der Waals surface area contributed by atoms with Crippen LogP contribution in [0.1, 0.15) is 22.7 Å². The first-order chi connectivity index (χ1) is 16.4. The van der Waals surface area contributed by atoms with E-state index in [1.165, 1.54) is 12.5 Å². The lowest BCUT2D eigenvalue weighted by Gasteiger charge is -2.20. The summed E-state index contributed by atoms with van der Waals surface area (Å²) in [5.41, 5.74) is 4.90. The van der Waals surface area contributed by atoms with Crippen LogP contribution in [-0.4, -0.2) is 63.4 Å². The minimum atomic E-state index is -1.76. The van der Waals surface area contributed by atoms with E-state index in [-0.39, 0.29) is 18.9 Å². The minimum absolute atomic E-state index is 0.0686. The smallest absolute Gasteiger partial charge is 0.407 e. The number of carbonyl (C=O) groups excluding carboxylic acids is 2. The number of nitrogens with zero attached hydrogens (tertiary/aromatic N) is 1. The van der Waals surface area contributed by atoms with Gasteiger partial charge in [-0.15, -0.1) is 0 Å². The maximum absolute atomic E-state index is 12.6. The number of aromatic amines is 1. The van der Waals surface area contributed by atoms with Gasteiger partial charge in [0.2, 0.25) is 5.91 Å². The second-order valence-electron chi connectivity index (χ2n) is 7.90. The Morgan fingerprint density at radius 1 is 1.06 bits per heavy atom. The molecule has 2 unspecified atom stereocenters. The third kappa shape index (κ3) is 5.07. The normalized spacial score (nSPS) is 13.9. The third-order valence-corrected chi connectivity index (χ3v) is 5.69. The van der Waals surface area contributed by atoms with Crippen molar-refractivity contribution in [1.82, 2.24) is 20.6 Å². The van der Waals surface area contributed by atoms with Crippen molar-refractivity contribution in [3.05, 3.63) is 77.9 Å². The molecule has 0 spiro atoms. The quantitative estimate of drug-likeness (QED) is 0.321. The largest absolute Gasteiger partial charge is 0.479 e. The van der Waals surface area contributed by atoms with Crippen LogP contribution in [-0.2, 0) is 20.7 Å². The highest BCUT2D eigenvalue weighted by Gasteiger charge is 2.30. The van der Waals surface area contributed by atoms with Gasteiger partial charge >= 0.3 is 12.1 Å². The molecule has 0 saturated heterocycles. The van der Waals surface area contributed by atoms with Crippen LogP contribution < -0.4 is 10.6 Å². The molecule has 3 aromatic rings. The van der Waals surface area contributed by atoms with Crippen molar-refractivity contribution in [2.24, 2.45) is 0 Å². The maximum atomic E-state index is 12.6. The summed E-state index contributed by atoms with van der Waals surface area (Å²) in [7, 11) is 0. The topological polar surface area (TPSA) is 154 Å². The predicted molar refractivity (Wildman–Crippen MR) is 121 cm³/mol. The van der Waals surface area contributed by atoms with Crippen molar-refractivity contribution in [1.29, 1.82) is 0 Å². The Morgan fingerprint density at radius 2 is 1.71 bits per heavy atom. The highest BCUT2D eigenvalue weighted by atomic mass is 16.5. The van der Waals surface area contributed by atoms with E-state index in [0.717, 1.165) is 22.3 Å². The fraction of sp³-hybridized carbons (Fsp3) is 0.250. The Morgan fingerprint density at radius 3 is 2.29 bits per heavy atom. The molecule has 34 heavy (non-hydrogen) atoms. The number of fused-ring (bicyclic) bond motifs is 3. The number of rotatable bonds is 9. The number of aliphatic carboxylic acids is 1. The van der Waals surface area contributed by atoms with E-state index in [1.54, 1.807) is 0 Å². The number of imidazole rings is 1. The van der Waals surface area contributed by atoms with Crippen molar-refractivity contribution < 1.29 is 29.3 Å². The number of benzene rings is 2. The first kappa shape index (κ1) is 23.0. The average molecular weight is 464 g/mol. The average Bonchev–Trinajstić information content (AvgIpc) is 3.46. The Hall–Kier alpha value is -4.18. The van der Waals surface area contributed by atoms with Crippen molar-refractivity contribution >= 4 is 18.0 Å². The molecule has 10 heteroatoms. The van der Waals surface area contributed by atoms with Gasteiger partial charge < -0.3 is 30.6 Å². The molecule has 0 saturated carbocycles. The molecule has 1 aromatic heterocycles. The highest BCUT2D eigenvalue weighted by Crippen LogP contribution is 2.44. The van der Waals surface area contributed by atoms with Crippen molar-refractivity contribution in [2.75, 3.05) is 13.2 Å². The van der Waals surface area contributed by atoms with Gasteiger partial charge in [-0.2, -0.15) is 0 Å². The molecule has 2 atom stereocenters. The molecule has 2 aromatic carbocycles. The number of aromatic nitrogens is 2. The maximum Gasteiger partial charge on any atom is 0.407 e. The van der Waals surface area contributed by atoms with E-state index in [1.807, 2.05) is 48.5 Å². The first-order valence-corrected chi connectivity index (χ1v) is 10.7. The summed E-state index contributed by atoms with van der Waals surface area (Å²) in [6.45, 7) is -0.421. The van der Waals surface area contributed by atoms with Crippen molar-refractivity contribution in [3.8, 4) is 11.1 Å². The molecule has 4 rings (SSSR count). The molecular formula is C24H24N4O6. The number of aliphatic hydroxyl groups excluding tert-OH is 1. The van der Waals surface area contributed by atoms with Gasteiger partial charge in [-0.25, -0.2) is 14.6 Å². The number of alkyl carbamates (subject to hydrolysis) is 1. The lowest BCUT2D eigenvalue weighted by molar-refractivity contribution is -0.146. The van der Waals surface area contributed by atoms with E-state index in [4.69, 9.17) is 9.84 Å². The molecule has 1 aliphatic rings. The van der Waals surface area contributed by atoms with Crippen LogP contribution in [0, 0.1) is 0 Å². The molecule has 1 aliphatic carbocycles. The van der Waals surface area contributed by atoms with Gasteiger partial charge in [-0.3, -0.25) is 4.79 Å². The van der Waals surface area contributed by atoms with Crippen molar-refractivity contribution in [2.45, 2.75) is 24.5 Å². The number of hydrogen-bond acceptors (Lipinski definition) is 6. The highest BCUT2D eigenvalue weighted by molar-refractivity contribution is 5.86. The summed E-state index contributed by atoms with van der Waals surface area (Å²) in [6.07, 6.45) is 0.461. The number of carboxylic acids is 1. The molecule has 0 bridgehead atoms. The molecule has 10 nitrogen and oxygen atoms in total. The number of aliphatic hydroxyl groups is 1. The molecule has 2 amide bonds. The summed E-state index contributed by atoms with van der Waals surface area (Å²) in [5, 5.41) is 23.1. The zero-order chi connectivity index (χ0) is 24.1. The van der Waals surface area contributed by atoms with Crippen LogP contribution in [0.15, 0.2) is 61.1 Å². The fourth-order valence-corrected chi connectivity index (χ4v) is 4.02. The summed E-state index contributed by atoms with van der Waals surface area (Å²) in [5.74, 6) is -2.26. The second kappa shape index (κ2) is 10.2. The Balaban J connectivity index is 1.42. The number of ether oxygens (including phenoxy) is 1. The number of carboxylic acid groups (broad SMARTS) is 1. The van der Waals surface area contributed by atoms with Gasteiger partial charge in [-0.1, -0.05) is 48.5 Å². The summed E-state index contributed by atoms with van der Waals surface area (Å²) in [4.78, 5) is 42.8. The second-order valence-corrected chi connectivity index (χ2v) is 7.90. The number of hydrogen-bond donors (Lipinski definition) is 5. The Kier molecular flexibility index (Phi) is 6.88. The van der Waals surface area contributed by atoms with E-state index in [9.17, 15) is 19.5 Å². The van der Waals surface area contributed by atoms with E-state index >= 15 is 0 Å². The minimum Gasteiger partial charge on any atom is -0.479 e. The number of nitrogens with one attached hydrogen (secondary N) is 3. The van der Waals surface area contributed by atoms with Gasteiger partial charge in [0.1, 0.15) is 12.6 Å². The lowest BCUT2D eigenvalue weighted by atomic mass is 9.98. The monoisotopic (exact) mass is 464 g/mol. The summed E-state index contributed by atoms with van der Waals surface area (Å²) >= 11 is 0. The summed E-state index contributed by atoms with van der Waals surface area (Å²) in [6, 6.07) is 14.8. The molecule has 1 heterocycles. The van der Waals surface area contributed by atoms with Crippen LogP contribution in [0.2, 0.25) is 0 Å². The fourth-order valence-electron chi connectivity index (χ4n) is 4.02. The molecule has 0 radical (unpaired) electrons. The van der Waals surface area contributed by atoms with Crippen LogP contribution >= 0.6 is 0 Å². The molecular weight excluding hydrogens is 440 g/mol. The first-order valence-electron chi connectivity index (χ1n) is 10.7. The standard InChI is InChI=1S/C24H24N4O6/c29-21(23(31)32)11-26-22(30)20(9-14-10-25-13-27-14)28-24(33)34-12-19-17-7-3-1-5-15(17)16-6-2-4-8-18(16)19/h1-8,10,13,19-21,29H,9,11-12H2,(H,25,27)(H,26,30)(H,28,33)(H,31,32). The van der Waals surface area contributed by atoms with Crippen LogP contribution in [0.3, 0.4) is 0 Å². The number of amides is 2. The van der Waals surface area contributed by atoms with Crippen LogP contribution in [0.5, 0.6) is 0 Å². The number of carbonyl (C=O) groups is 3. The van der Waals surface area contributed by atoms with E-state index < -0.39 is 36.7 Å². The molecule has 176 valence electrons. The zero-order valence-electron chi connectivity index (χ0n) is 18.1. The molecule has 0 fully saturated rings. The Labute approximate surface area is 195 Å². The van der Waals surface area contributed by atoms with Crippen LogP contribution in [0.25, 0.3) is 11.1 Å². The predicted octanol–water partition coefficient (Wildman–Crippen LogP) is 1.42. The van der Waals surface area contributed by atoms with E-state index in [2.05, 4.69) is 20.6 Å². The van der Waals surface area contributed by atoms with Gasteiger partial charge in [0.05, 0.1) is 12.9 Å². The molecule has 0 aliphatic heterocycles. The van der Waals surface area contributed by atoms with Gasteiger partial charge in [-0.05, 0) is 22.3 Å². The zero-order valence-corrected chi connectivity index (χ0v) is 18.1. The SMILES string of the molecule is O=C(NC(Cc1cnc[nH]1)C(=O)NCC(O)C(=O)O)OCC1c2ccccc2-c2ccccc21. The lowest BCUT2D eigenvalue weighted by Crippen LogP contribution is -2.50. The van der Waals surface area contributed by atoms with Gasteiger partial charge in [0.25, 0.3) is 0 Å². The summed E-state index contributed by atoms with van der Waals surface area (Å²) < 4.78 is 5.50. The van der Waals surface area contributed by atoms with E-state index in [0.29, 0.717) is 5.69 Å². The van der Waals surface area contributed by atoms with Crippen molar-refractivity contribution in [3.63, 3.8) is 0 Å². The Bertz CT molecular complexity index is 1130. The van der Waals surface area contributed by atoms with Gasteiger partial charge in [0.15, 0.2) is 6.10 Å². The van der Waals surface area contributed by atoms with Gasteiger partial charge in [0, 0.05) is 24.2 Å². The third-order valence-electron chi connectivity index (χ3n) is 5.69. The van der Waals surface area contributed by atoms with Crippen LogP contribution in [0.4, 0.5) is 4.79 Å².